The number of hydrogen-bond donors (Lipinski definition) is 0. The van der Waals surface area contributed by atoms with Crippen molar-refractivity contribution in [1.82, 2.24) is 4.98 Å². The lowest BCUT2D eigenvalue weighted by molar-refractivity contribution is 0.0600. The molecule has 3 aromatic rings. The molecule has 3 rings (SSSR count). The summed E-state index contributed by atoms with van der Waals surface area (Å²) in [5, 5.41) is 0.716. The molecule has 0 N–H and O–H groups in total. The van der Waals surface area contributed by atoms with Gasteiger partial charge in [0.1, 0.15) is 4.90 Å². The number of benzene rings is 2. The highest BCUT2D eigenvalue weighted by Crippen LogP contribution is 2.26. The van der Waals surface area contributed by atoms with Crippen LogP contribution in [0.4, 0.5) is 5.69 Å². The molecule has 0 amide bonds. The molecule has 6 nitrogen and oxygen atoms in total. The number of rotatable bonds is 8. The van der Waals surface area contributed by atoms with E-state index in [1.54, 1.807) is 43.3 Å². The quantitative estimate of drug-likeness (QED) is 0.381. The van der Waals surface area contributed by atoms with E-state index in [0.29, 0.717) is 28.6 Å². The van der Waals surface area contributed by atoms with Gasteiger partial charge in [0, 0.05) is 18.5 Å². The number of pyridine rings is 1. The lowest BCUT2D eigenvalue weighted by Crippen LogP contribution is -2.30. The maximum Gasteiger partial charge on any atom is 0.337 e. The molecule has 0 aliphatic rings. The predicted octanol–water partition coefficient (Wildman–Crippen LogP) is 4.38. The molecule has 1 heterocycles. The number of anilines is 1. The largest absolute Gasteiger partial charge is 0.465 e. The van der Waals surface area contributed by atoms with E-state index >= 15 is 0 Å². The molecule has 0 atom stereocenters. The van der Waals surface area contributed by atoms with Crippen molar-refractivity contribution in [1.29, 1.82) is 0 Å². The average Bonchev–Trinajstić information content (AvgIpc) is 2.79. The minimum atomic E-state index is -3.69. The van der Waals surface area contributed by atoms with Crippen molar-refractivity contribution in [3.8, 4) is 0 Å². The summed E-state index contributed by atoms with van der Waals surface area (Å²) in [6.07, 6.45) is 1.39. The molecule has 1 aromatic heterocycles. The predicted molar refractivity (Wildman–Crippen MR) is 118 cm³/mol. The second kappa shape index (κ2) is 9.77. The minimum absolute atomic E-state index is 0.153. The van der Waals surface area contributed by atoms with Crippen molar-refractivity contribution in [2.45, 2.75) is 22.6 Å². The maximum absolute atomic E-state index is 13.0. The molecular weight excluding hydrogens is 420 g/mol. The molecule has 156 valence electrons. The lowest BCUT2D eigenvalue weighted by atomic mass is 10.1. The molecule has 0 aliphatic heterocycles. The van der Waals surface area contributed by atoms with Crippen molar-refractivity contribution < 1.29 is 17.9 Å². The number of thioether (sulfide) groups is 1. The highest BCUT2D eigenvalue weighted by atomic mass is 32.2. The Hall–Kier alpha value is -2.84. The van der Waals surface area contributed by atoms with Gasteiger partial charge < -0.3 is 4.74 Å². The summed E-state index contributed by atoms with van der Waals surface area (Å²) in [5.74, 6) is 0.273. The molecule has 0 bridgehead atoms. The highest BCUT2D eigenvalue weighted by molar-refractivity contribution is 7.98. The van der Waals surface area contributed by atoms with E-state index in [-0.39, 0.29) is 10.9 Å². The van der Waals surface area contributed by atoms with Crippen LogP contribution in [0, 0.1) is 0 Å². The van der Waals surface area contributed by atoms with Crippen molar-refractivity contribution in [2.24, 2.45) is 0 Å². The number of aromatic nitrogens is 1. The second-order valence-corrected chi connectivity index (χ2v) is 9.17. The van der Waals surface area contributed by atoms with Gasteiger partial charge in [0.25, 0.3) is 10.0 Å². The Morgan fingerprint density at radius 2 is 1.73 bits per heavy atom. The Kier molecular flexibility index (Phi) is 7.12. The topological polar surface area (TPSA) is 76.6 Å². The average molecular weight is 443 g/mol. The monoisotopic (exact) mass is 442 g/mol. The van der Waals surface area contributed by atoms with Gasteiger partial charge >= 0.3 is 5.97 Å². The first-order valence-corrected chi connectivity index (χ1v) is 11.7. The zero-order valence-corrected chi connectivity index (χ0v) is 18.3. The summed E-state index contributed by atoms with van der Waals surface area (Å²) in [7, 11) is -2.34. The van der Waals surface area contributed by atoms with Crippen LogP contribution in [-0.2, 0) is 20.5 Å². The van der Waals surface area contributed by atoms with Crippen LogP contribution in [0.25, 0.3) is 0 Å². The van der Waals surface area contributed by atoms with Crippen LogP contribution in [0.15, 0.2) is 82.8 Å². The Morgan fingerprint density at radius 1 is 1.03 bits per heavy atom. The number of nitrogens with zero attached hydrogens (tertiary/aromatic N) is 2. The standard InChI is InChI=1S/C22H22N2O4S2/c1-3-24(19-7-5-4-6-8-19)30(26,27)20-13-14-21(23-15-20)29-16-17-9-11-18(12-10-17)22(25)28-2/h4-15H,3,16H2,1-2H3. The van der Waals surface area contributed by atoms with Gasteiger partial charge in [0.2, 0.25) is 0 Å². The molecule has 0 aliphatic carbocycles. The zero-order chi connectivity index (χ0) is 21.6. The SMILES string of the molecule is CCN(c1ccccc1)S(=O)(=O)c1ccc(SCc2ccc(C(=O)OC)cc2)nc1. The molecule has 8 heteroatoms. The third-order valence-electron chi connectivity index (χ3n) is 4.39. The van der Waals surface area contributed by atoms with Crippen LogP contribution in [0.5, 0.6) is 0 Å². The fourth-order valence-electron chi connectivity index (χ4n) is 2.83. The summed E-state index contributed by atoms with van der Waals surface area (Å²) < 4.78 is 32.1. The van der Waals surface area contributed by atoms with Gasteiger partial charge in [-0.1, -0.05) is 30.3 Å². The van der Waals surface area contributed by atoms with Gasteiger partial charge in [-0.05, 0) is 48.9 Å². The van der Waals surface area contributed by atoms with Crippen molar-refractivity contribution in [2.75, 3.05) is 18.0 Å². The van der Waals surface area contributed by atoms with Crippen LogP contribution in [0.3, 0.4) is 0 Å². The zero-order valence-electron chi connectivity index (χ0n) is 16.7. The molecule has 0 saturated carbocycles. The van der Waals surface area contributed by atoms with Crippen molar-refractivity contribution in [3.05, 3.63) is 84.1 Å². The van der Waals surface area contributed by atoms with Gasteiger partial charge in [0.15, 0.2) is 0 Å². The summed E-state index contributed by atoms with van der Waals surface area (Å²) >= 11 is 1.49. The lowest BCUT2D eigenvalue weighted by Gasteiger charge is -2.22. The first-order chi connectivity index (χ1) is 14.5. The van der Waals surface area contributed by atoms with Crippen LogP contribution in [-0.4, -0.2) is 33.0 Å². The Balaban J connectivity index is 1.69. The minimum Gasteiger partial charge on any atom is -0.465 e. The van der Waals surface area contributed by atoms with Crippen LogP contribution < -0.4 is 4.31 Å². The number of carbonyl (C=O) groups is 1. The number of esters is 1. The number of para-hydroxylation sites is 1. The van der Waals surface area contributed by atoms with E-state index in [0.717, 1.165) is 5.56 Å². The van der Waals surface area contributed by atoms with E-state index in [2.05, 4.69) is 4.98 Å². The van der Waals surface area contributed by atoms with Gasteiger partial charge in [-0.25, -0.2) is 18.2 Å². The molecule has 0 fully saturated rings. The first kappa shape index (κ1) is 21.9. The Labute approximate surface area is 181 Å². The second-order valence-electron chi connectivity index (χ2n) is 6.31. The summed E-state index contributed by atoms with van der Waals surface area (Å²) in [6.45, 7) is 2.12. The third-order valence-corrected chi connectivity index (χ3v) is 7.29. The summed E-state index contributed by atoms with van der Waals surface area (Å²) in [6, 6.07) is 19.4. The fourth-order valence-corrected chi connectivity index (χ4v) is 5.05. The molecule has 30 heavy (non-hydrogen) atoms. The molecule has 0 unspecified atom stereocenters. The van der Waals surface area contributed by atoms with Crippen LogP contribution >= 0.6 is 11.8 Å². The van der Waals surface area contributed by atoms with Gasteiger partial charge in [-0.2, -0.15) is 0 Å². The fraction of sp³-hybridized carbons (Fsp3) is 0.182. The third kappa shape index (κ3) is 5.01. The molecule has 0 radical (unpaired) electrons. The van der Waals surface area contributed by atoms with Crippen molar-refractivity contribution in [3.63, 3.8) is 0 Å². The Bertz CT molecular complexity index is 1080. The molecule has 0 saturated heterocycles. The number of carbonyl (C=O) groups excluding carboxylic acids is 1. The number of sulfonamides is 1. The maximum atomic E-state index is 13.0. The van der Waals surface area contributed by atoms with Crippen molar-refractivity contribution >= 4 is 33.4 Å². The van der Waals surface area contributed by atoms with Gasteiger partial charge in [0.05, 0.1) is 23.4 Å². The number of ether oxygens (including phenoxy) is 1. The van der Waals surface area contributed by atoms with Crippen LogP contribution in [0.2, 0.25) is 0 Å². The Morgan fingerprint density at radius 3 is 2.30 bits per heavy atom. The van der Waals surface area contributed by atoms with E-state index in [1.165, 1.54) is 29.4 Å². The van der Waals surface area contributed by atoms with Crippen LogP contribution in [0.1, 0.15) is 22.8 Å². The normalized spacial score (nSPS) is 11.1. The first-order valence-electron chi connectivity index (χ1n) is 9.29. The smallest absolute Gasteiger partial charge is 0.337 e. The molecular formula is C22H22N2O4S2. The highest BCUT2D eigenvalue weighted by Gasteiger charge is 2.23. The van der Waals surface area contributed by atoms with E-state index < -0.39 is 10.0 Å². The number of hydrogen-bond acceptors (Lipinski definition) is 6. The van der Waals surface area contributed by atoms with Gasteiger partial charge in [-0.3, -0.25) is 4.31 Å². The van der Waals surface area contributed by atoms with E-state index in [4.69, 9.17) is 4.74 Å². The van der Waals surface area contributed by atoms with E-state index in [1.807, 2.05) is 30.3 Å². The summed E-state index contributed by atoms with van der Waals surface area (Å²) in [5.41, 5.74) is 2.14. The summed E-state index contributed by atoms with van der Waals surface area (Å²) in [4.78, 5) is 16.0. The van der Waals surface area contributed by atoms with E-state index in [9.17, 15) is 13.2 Å². The molecule has 0 spiro atoms. The molecule has 2 aromatic carbocycles. The number of methoxy groups -OCH3 is 1. The van der Waals surface area contributed by atoms with Gasteiger partial charge in [-0.15, -0.1) is 11.8 Å².